The van der Waals surface area contributed by atoms with E-state index in [1.54, 1.807) is 11.7 Å². The van der Waals surface area contributed by atoms with Crippen molar-refractivity contribution in [2.45, 2.75) is 19.4 Å². The highest BCUT2D eigenvalue weighted by atomic mass is 32.1. The fraction of sp³-hybridized carbons (Fsp3) is 0.278. The molecular weight excluding hydrogens is 348 g/mol. The van der Waals surface area contributed by atoms with Gasteiger partial charge in [-0.25, -0.2) is 9.67 Å². The fourth-order valence-electron chi connectivity index (χ4n) is 2.23. The minimum atomic E-state index is 0.267. The number of oxime groups is 1. The zero-order valence-electron chi connectivity index (χ0n) is 14.2. The normalized spacial score (nSPS) is 14.0. The average Bonchev–Trinajstić information content (AvgIpc) is 3.24. The number of aryl methyl sites for hydroxylation is 1. The van der Waals surface area contributed by atoms with Gasteiger partial charge in [0.05, 0.1) is 5.69 Å². The van der Waals surface area contributed by atoms with Crippen LogP contribution < -0.4 is 0 Å². The summed E-state index contributed by atoms with van der Waals surface area (Å²) in [7, 11) is 1.76. The maximum atomic E-state index is 5.54. The first kappa shape index (κ1) is 16.4. The van der Waals surface area contributed by atoms with Crippen molar-refractivity contribution in [2.75, 3.05) is 0 Å². The molecule has 0 spiro atoms. The number of rotatable bonds is 5. The van der Waals surface area contributed by atoms with Crippen LogP contribution in [0.3, 0.4) is 0 Å². The van der Waals surface area contributed by atoms with E-state index < -0.39 is 0 Å². The number of benzene rings is 1. The second-order valence-corrected chi connectivity index (χ2v) is 6.75. The van der Waals surface area contributed by atoms with Gasteiger partial charge in [-0.2, -0.15) is 0 Å². The number of hydrogen-bond donors (Lipinski definition) is 0. The molecule has 4 rings (SSSR count). The number of nitrogens with zero attached hydrogens (tertiary/aromatic N) is 6. The Bertz CT molecular complexity index is 978. The highest BCUT2D eigenvalue weighted by Crippen LogP contribution is 2.27. The molecule has 2 aromatic heterocycles. The lowest BCUT2D eigenvalue weighted by molar-refractivity contribution is 0.128. The summed E-state index contributed by atoms with van der Waals surface area (Å²) in [6.45, 7) is 0.267. The summed E-state index contributed by atoms with van der Waals surface area (Å²) in [6, 6.07) is 9.67. The molecule has 2 heterocycles. The first-order chi connectivity index (χ1) is 12.8. The van der Waals surface area contributed by atoms with Crippen molar-refractivity contribution in [3.63, 3.8) is 0 Å². The number of hydrogen-bond acceptors (Lipinski definition) is 7. The van der Waals surface area contributed by atoms with Crippen molar-refractivity contribution >= 4 is 17.0 Å². The summed E-state index contributed by atoms with van der Waals surface area (Å²) in [6.07, 6.45) is 2.42. The highest BCUT2D eigenvalue weighted by molar-refractivity contribution is 7.10. The largest absolute Gasteiger partial charge is 0.389 e. The fourth-order valence-corrected chi connectivity index (χ4v) is 2.89. The highest BCUT2D eigenvalue weighted by Gasteiger charge is 2.18. The van der Waals surface area contributed by atoms with E-state index in [2.05, 4.69) is 37.5 Å². The Hall–Kier alpha value is -3.05. The summed E-state index contributed by atoms with van der Waals surface area (Å²) in [5.41, 5.74) is 2.25. The SMILES string of the molecule is Cn1nnnc1C(=NOCc1csc(C#CC2CC2)n1)c1ccccc1. The van der Waals surface area contributed by atoms with Crippen molar-refractivity contribution < 1.29 is 4.84 Å². The zero-order chi connectivity index (χ0) is 17.8. The van der Waals surface area contributed by atoms with Crippen LogP contribution in [0.1, 0.15) is 34.9 Å². The van der Waals surface area contributed by atoms with Gasteiger partial charge in [-0.15, -0.1) is 16.4 Å². The molecule has 1 aliphatic rings. The van der Waals surface area contributed by atoms with Crippen LogP contribution in [0.2, 0.25) is 0 Å². The molecule has 0 N–H and O–H groups in total. The molecule has 0 aliphatic heterocycles. The Morgan fingerprint density at radius 2 is 2.19 bits per heavy atom. The summed E-state index contributed by atoms with van der Waals surface area (Å²) < 4.78 is 1.56. The third-order valence-corrected chi connectivity index (χ3v) is 4.57. The average molecular weight is 364 g/mol. The van der Waals surface area contributed by atoms with Gasteiger partial charge in [-0.1, -0.05) is 41.4 Å². The summed E-state index contributed by atoms with van der Waals surface area (Å²) in [5, 5.41) is 18.6. The molecule has 130 valence electrons. The lowest BCUT2D eigenvalue weighted by Crippen LogP contribution is -2.12. The van der Waals surface area contributed by atoms with Crippen molar-refractivity contribution in [2.24, 2.45) is 18.1 Å². The van der Waals surface area contributed by atoms with Crippen LogP contribution in [0.25, 0.3) is 0 Å². The van der Waals surface area contributed by atoms with Gasteiger partial charge in [0.1, 0.15) is 0 Å². The predicted octanol–water partition coefficient (Wildman–Crippen LogP) is 2.40. The maximum absolute atomic E-state index is 5.54. The van der Waals surface area contributed by atoms with Gasteiger partial charge in [0, 0.05) is 23.9 Å². The van der Waals surface area contributed by atoms with Gasteiger partial charge in [0.15, 0.2) is 17.3 Å². The third kappa shape index (κ3) is 3.95. The Kier molecular flexibility index (Phi) is 4.71. The molecule has 1 saturated carbocycles. The zero-order valence-corrected chi connectivity index (χ0v) is 15.0. The molecule has 8 heteroatoms. The van der Waals surface area contributed by atoms with Gasteiger partial charge in [-0.05, 0) is 29.2 Å². The van der Waals surface area contributed by atoms with E-state index in [0.717, 1.165) is 16.3 Å². The smallest absolute Gasteiger partial charge is 0.204 e. The second-order valence-electron chi connectivity index (χ2n) is 5.89. The second kappa shape index (κ2) is 7.45. The van der Waals surface area contributed by atoms with Crippen LogP contribution in [0, 0.1) is 17.8 Å². The lowest BCUT2D eigenvalue weighted by atomic mass is 10.1. The standard InChI is InChI=1S/C18H16N6OS/c1-24-18(20-22-23-24)17(14-5-3-2-4-6-14)21-25-11-15-12-26-16(19-15)10-9-13-7-8-13/h2-6,12-13H,7-8,11H2,1H3. The number of aromatic nitrogens is 5. The van der Waals surface area contributed by atoms with Crippen LogP contribution in [0.4, 0.5) is 0 Å². The quantitative estimate of drug-likeness (QED) is 0.395. The predicted molar refractivity (Wildman–Crippen MR) is 97.4 cm³/mol. The molecule has 1 aromatic carbocycles. The minimum Gasteiger partial charge on any atom is -0.389 e. The summed E-state index contributed by atoms with van der Waals surface area (Å²) in [4.78, 5) is 10.0. The third-order valence-electron chi connectivity index (χ3n) is 3.76. The van der Waals surface area contributed by atoms with Crippen molar-refractivity contribution in [1.29, 1.82) is 0 Å². The van der Waals surface area contributed by atoms with E-state index in [1.165, 1.54) is 24.2 Å². The first-order valence-corrected chi connectivity index (χ1v) is 9.11. The monoisotopic (exact) mass is 364 g/mol. The Labute approximate surface area is 154 Å². The van der Waals surface area contributed by atoms with Crippen LogP contribution >= 0.6 is 11.3 Å². The molecule has 0 radical (unpaired) electrons. The van der Waals surface area contributed by atoms with Crippen LogP contribution in [-0.2, 0) is 18.5 Å². The maximum Gasteiger partial charge on any atom is 0.204 e. The molecule has 26 heavy (non-hydrogen) atoms. The molecule has 7 nitrogen and oxygen atoms in total. The molecule has 0 bridgehead atoms. The van der Waals surface area contributed by atoms with Crippen molar-refractivity contribution in [3.05, 3.63) is 57.8 Å². The topological polar surface area (TPSA) is 78.1 Å². The molecular formula is C18H16N6OS. The molecule has 0 unspecified atom stereocenters. The van der Waals surface area contributed by atoms with Crippen LogP contribution in [0.15, 0.2) is 40.9 Å². The Morgan fingerprint density at radius 1 is 1.35 bits per heavy atom. The van der Waals surface area contributed by atoms with Gasteiger partial charge in [-0.3, -0.25) is 0 Å². The molecule has 1 fully saturated rings. The van der Waals surface area contributed by atoms with Crippen LogP contribution in [-0.4, -0.2) is 30.9 Å². The van der Waals surface area contributed by atoms with Crippen LogP contribution in [0.5, 0.6) is 0 Å². The number of tetrazole rings is 1. The Morgan fingerprint density at radius 3 is 2.92 bits per heavy atom. The lowest BCUT2D eigenvalue weighted by Gasteiger charge is -2.05. The first-order valence-electron chi connectivity index (χ1n) is 8.23. The minimum absolute atomic E-state index is 0.267. The summed E-state index contributed by atoms with van der Waals surface area (Å²) in [5.74, 6) is 7.43. The summed E-state index contributed by atoms with van der Waals surface area (Å²) >= 11 is 1.53. The molecule has 0 saturated heterocycles. The van der Waals surface area contributed by atoms with Gasteiger partial charge < -0.3 is 4.84 Å². The molecule has 0 atom stereocenters. The van der Waals surface area contributed by atoms with Gasteiger partial charge >= 0.3 is 0 Å². The van der Waals surface area contributed by atoms with Gasteiger partial charge in [0.25, 0.3) is 0 Å². The van der Waals surface area contributed by atoms with Crippen molar-refractivity contribution in [3.8, 4) is 11.8 Å². The van der Waals surface area contributed by atoms with E-state index in [1.807, 2.05) is 35.7 Å². The number of thiazole rings is 1. The van der Waals surface area contributed by atoms with Crippen molar-refractivity contribution in [1.82, 2.24) is 25.2 Å². The van der Waals surface area contributed by atoms with E-state index in [9.17, 15) is 0 Å². The van der Waals surface area contributed by atoms with E-state index in [4.69, 9.17) is 4.84 Å². The Balaban J connectivity index is 1.49. The van der Waals surface area contributed by atoms with E-state index in [0.29, 0.717) is 17.5 Å². The molecule has 3 aromatic rings. The molecule has 0 amide bonds. The van der Waals surface area contributed by atoms with E-state index >= 15 is 0 Å². The van der Waals surface area contributed by atoms with Gasteiger partial charge in [0.2, 0.25) is 5.82 Å². The molecule has 1 aliphatic carbocycles. The van der Waals surface area contributed by atoms with E-state index in [-0.39, 0.29) is 6.61 Å².